The molecule has 181 valence electrons. The number of benzene rings is 7. The van der Waals surface area contributed by atoms with Crippen molar-refractivity contribution in [3.8, 4) is 44.5 Å². The normalized spacial score (nSPS) is 10.9. The summed E-state index contributed by atoms with van der Waals surface area (Å²) < 4.78 is 0. The van der Waals surface area contributed by atoms with Gasteiger partial charge in [-0.3, -0.25) is 0 Å². The van der Waals surface area contributed by atoms with Crippen LogP contribution in [0, 0.1) is 12.1 Å². The largest absolute Gasteiger partial charge is 0.202 e. The minimum absolute atomic E-state index is 0. The Bertz CT molecular complexity index is 1850. The average Bonchev–Trinajstić information content (AvgIpc) is 3.01. The van der Waals surface area contributed by atoms with E-state index in [1.54, 1.807) is 0 Å². The van der Waals surface area contributed by atoms with E-state index in [1.807, 2.05) is 12.1 Å². The van der Waals surface area contributed by atoms with Gasteiger partial charge in [-0.15, -0.1) is 35.4 Å². The van der Waals surface area contributed by atoms with Gasteiger partial charge in [0.15, 0.2) is 0 Å². The average molecular weight is 570 g/mol. The maximum absolute atomic E-state index is 3.69. The number of hydrogen-bond donors (Lipinski definition) is 0. The van der Waals surface area contributed by atoms with Crippen molar-refractivity contribution in [3.63, 3.8) is 0 Å². The maximum atomic E-state index is 3.69. The smallest absolute Gasteiger partial charge is 0 e. The first kappa shape index (κ1) is 25.4. The summed E-state index contributed by atoms with van der Waals surface area (Å²) in [5, 5.41) is 4.99. The van der Waals surface area contributed by atoms with Gasteiger partial charge in [-0.1, -0.05) is 120 Å². The molecule has 0 unspecified atom stereocenters. The maximum Gasteiger partial charge on any atom is 0 e. The molecular formula is C38H24Y-2. The van der Waals surface area contributed by atoms with Crippen molar-refractivity contribution in [1.82, 2.24) is 0 Å². The molecule has 0 bridgehead atoms. The predicted molar refractivity (Wildman–Crippen MR) is 161 cm³/mol. The molecule has 7 aromatic carbocycles. The number of fused-ring (bicyclic) bond motifs is 2. The molecule has 0 saturated heterocycles. The van der Waals surface area contributed by atoms with Gasteiger partial charge >= 0.3 is 0 Å². The molecule has 0 fully saturated rings. The van der Waals surface area contributed by atoms with Crippen LogP contribution in [0.15, 0.2) is 146 Å². The van der Waals surface area contributed by atoms with Gasteiger partial charge < -0.3 is 0 Å². The molecular weight excluding hydrogens is 545 g/mol. The number of hydrogen-bond acceptors (Lipinski definition) is 0. The van der Waals surface area contributed by atoms with Crippen LogP contribution in [0.2, 0.25) is 0 Å². The zero-order valence-electron chi connectivity index (χ0n) is 21.4. The van der Waals surface area contributed by atoms with Crippen LogP contribution in [0.25, 0.3) is 66.1 Å². The van der Waals surface area contributed by atoms with Crippen molar-refractivity contribution in [2.75, 3.05) is 0 Å². The summed E-state index contributed by atoms with van der Waals surface area (Å²) in [6.07, 6.45) is 0. The molecule has 0 aliphatic carbocycles. The summed E-state index contributed by atoms with van der Waals surface area (Å²) >= 11 is 0. The van der Waals surface area contributed by atoms with Crippen LogP contribution in [0.3, 0.4) is 0 Å². The quantitative estimate of drug-likeness (QED) is 0.146. The van der Waals surface area contributed by atoms with Gasteiger partial charge in [-0.2, -0.15) is 29.8 Å². The van der Waals surface area contributed by atoms with E-state index >= 15 is 0 Å². The van der Waals surface area contributed by atoms with Gasteiger partial charge in [-0.05, 0) is 32.7 Å². The second-order valence-corrected chi connectivity index (χ2v) is 9.51. The molecule has 1 heteroatoms. The van der Waals surface area contributed by atoms with Crippen molar-refractivity contribution in [3.05, 3.63) is 158 Å². The molecule has 0 spiro atoms. The van der Waals surface area contributed by atoms with E-state index in [4.69, 9.17) is 0 Å². The fourth-order valence-corrected chi connectivity index (χ4v) is 5.60. The van der Waals surface area contributed by atoms with Crippen molar-refractivity contribution in [2.45, 2.75) is 0 Å². The zero-order chi connectivity index (χ0) is 25.3. The summed E-state index contributed by atoms with van der Waals surface area (Å²) in [6.45, 7) is 0. The molecule has 0 heterocycles. The molecule has 39 heavy (non-hydrogen) atoms. The minimum Gasteiger partial charge on any atom is -0.202 e. The van der Waals surface area contributed by atoms with E-state index < -0.39 is 0 Å². The predicted octanol–water partition coefficient (Wildman–Crippen LogP) is 10.3. The Morgan fingerprint density at radius 1 is 0.385 bits per heavy atom. The molecule has 1 radical (unpaired) electrons. The SMILES string of the molecule is [Y].[c-]1c(-c2ccccc2)cccc1-c1[c-]cccc1-c1c2ccccc2c(-c2ccccc2)c2ccccc12. The Morgan fingerprint density at radius 2 is 0.897 bits per heavy atom. The van der Waals surface area contributed by atoms with Crippen molar-refractivity contribution in [1.29, 1.82) is 0 Å². The standard InChI is InChI=1S/C38H24.Y/c1-3-14-27(15-4-1)29-18-13-19-30(26-29)31-20-7-8-21-32(31)38-35-24-11-9-22-33(35)37(28-16-5-2-6-17-28)34-23-10-12-25-36(34)38;/h1-19,21-25H;/q-2;. The minimum atomic E-state index is 0. The molecule has 0 aromatic heterocycles. The number of rotatable bonds is 4. The van der Waals surface area contributed by atoms with E-state index in [0.29, 0.717) is 0 Å². The van der Waals surface area contributed by atoms with E-state index in [1.165, 1.54) is 43.8 Å². The molecule has 7 rings (SSSR count). The Kier molecular flexibility index (Phi) is 7.25. The Labute approximate surface area is 254 Å². The fraction of sp³-hybridized carbons (Fsp3) is 0. The van der Waals surface area contributed by atoms with Crippen molar-refractivity contribution < 1.29 is 32.7 Å². The van der Waals surface area contributed by atoms with Crippen LogP contribution >= 0.6 is 0 Å². The zero-order valence-corrected chi connectivity index (χ0v) is 24.3. The molecule has 0 aliphatic heterocycles. The summed E-state index contributed by atoms with van der Waals surface area (Å²) in [5.41, 5.74) is 9.27. The third-order valence-corrected chi connectivity index (χ3v) is 7.27. The van der Waals surface area contributed by atoms with E-state index in [0.717, 1.165) is 22.3 Å². The van der Waals surface area contributed by atoms with Crippen LogP contribution in [-0.2, 0) is 32.7 Å². The Hall–Kier alpha value is -3.84. The van der Waals surface area contributed by atoms with Gasteiger partial charge in [0.25, 0.3) is 0 Å². The second kappa shape index (κ2) is 11.1. The van der Waals surface area contributed by atoms with E-state index in [-0.39, 0.29) is 32.7 Å². The summed E-state index contributed by atoms with van der Waals surface area (Å²) in [7, 11) is 0. The third-order valence-electron chi connectivity index (χ3n) is 7.27. The van der Waals surface area contributed by atoms with Gasteiger partial charge in [0.2, 0.25) is 0 Å². The molecule has 7 aromatic rings. The van der Waals surface area contributed by atoms with Crippen LogP contribution in [0.4, 0.5) is 0 Å². The van der Waals surface area contributed by atoms with Gasteiger partial charge in [0.1, 0.15) is 0 Å². The van der Waals surface area contributed by atoms with Crippen LogP contribution in [-0.4, -0.2) is 0 Å². The van der Waals surface area contributed by atoms with Gasteiger partial charge in [-0.25, -0.2) is 5.56 Å². The third kappa shape index (κ3) is 4.65. The molecule has 0 amide bonds. The van der Waals surface area contributed by atoms with Crippen LogP contribution in [0.1, 0.15) is 0 Å². The molecule has 0 saturated carbocycles. The van der Waals surface area contributed by atoms with Crippen molar-refractivity contribution in [2.24, 2.45) is 0 Å². The fourth-order valence-electron chi connectivity index (χ4n) is 5.60. The first-order valence-electron chi connectivity index (χ1n) is 13.0. The summed E-state index contributed by atoms with van der Waals surface area (Å²) in [5.74, 6) is 0. The molecule has 0 aliphatic rings. The Balaban J connectivity index is 0.00000277. The first-order valence-corrected chi connectivity index (χ1v) is 13.0. The molecule has 0 atom stereocenters. The molecule has 0 nitrogen and oxygen atoms in total. The van der Waals surface area contributed by atoms with E-state index in [9.17, 15) is 0 Å². The van der Waals surface area contributed by atoms with Crippen LogP contribution in [0.5, 0.6) is 0 Å². The van der Waals surface area contributed by atoms with Crippen LogP contribution < -0.4 is 0 Å². The van der Waals surface area contributed by atoms with Gasteiger partial charge in [0.05, 0.1) is 0 Å². The van der Waals surface area contributed by atoms with E-state index in [2.05, 4.69) is 146 Å². The monoisotopic (exact) mass is 569 g/mol. The van der Waals surface area contributed by atoms with Gasteiger partial charge in [0, 0.05) is 32.7 Å². The Morgan fingerprint density at radius 3 is 1.51 bits per heavy atom. The topological polar surface area (TPSA) is 0 Å². The first-order chi connectivity index (χ1) is 18.9. The second-order valence-electron chi connectivity index (χ2n) is 9.51. The summed E-state index contributed by atoms with van der Waals surface area (Å²) in [4.78, 5) is 0. The van der Waals surface area contributed by atoms with Crippen molar-refractivity contribution >= 4 is 21.5 Å². The summed E-state index contributed by atoms with van der Waals surface area (Å²) in [6, 6.07) is 58.7. The molecule has 0 N–H and O–H groups in total.